The van der Waals surface area contributed by atoms with E-state index in [-0.39, 0.29) is 0 Å². The monoisotopic (exact) mass is 212 g/mol. The largest absolute Gasteiger partial charge is 0.376 e. The highest BCUT2D eigenvalue weighted by Gasteiger charge is 2.28. The Morgan fingerprint density at radius 2 is 2.20 bits per heavy atom. The van der Waals surface area contributed by atoms with E-state index in [1.165, 1.54) is 25.7 Å². The molecule has 1 aliphatic carbocycles. The second kappa shape index (κ2) is 5.28. The first kappa shape index (κ1) is 11.4. The Hall–Kier alpha value is -0.120. The van der Waals surface area contributed by atoms with Gasteiger partial charge in [-0.25, -0.2) is 0 Å². The fourth-order valence-corrected chi connectivity index (χ4v) is 2.93. The Balaban J connectivity index is 1.86. The maximum absolute atomic E-state index is 5.59. The van der Waals surface area contributed by atoms with Crippen molar-refractivity contribution in [3.63, 3.8) is 0 Å². The van der Waals surface area contributed by atoms with Gasteiger partial charge in [0.2, 0.25) is 0 Å². The Morgan fingerprint density at radius 1 is 1.33 bits per heavy atom. The molecule has 3 heteroatoms. The van der Waals surface area contributed by atoms with Gasteiger partial charge in [0, 0.05) is 25.2 Å². The molecule has 2 rings (SSSR count). The smallest absolute Gasteiger partial charge is 0.0674 e. The maximum Gasteiger partial charge on any atom is 0.0674 e. The molecule has 1 N–H and O–H groups in total. The molecule has 0 aromatic heterocycles. The summed E-state index contributed by atoms with van der Waals surface area (Å²) in [7, 11) is 2.09. The number of ether oxygens (including phenoxy) is 1. The molecule has 0 radical (unpaired) electrons. The molecule has 3 nitrogen and oxygen atoms in total. The van der Waals surface area contributed by atoms with Gasteiger partial charge in [0.05, 0.1) is 12.7 Å². The van der Waals surface area contributed by atoms with Crippen LogP contribution in [0.4, 0.5) is 0 Å². The third-order valence-corrected chi connectivity index (χ3v) is 3.84. The van der Waals surface area contributed by atoms with Crippen molar-refractivity contribution in [1.29, 1.82) is 0 Å². The summed E-state index contributed by atoms with van der Waals surface area (Å²) in [5.41, 5.74) is 0. The summed E-state index contributed by atoms with van der Waals surface area (Å²) in [6.07, 6.45) is 5.86. The van der Waals surface area contributed by atoms with Gasteiger partial charge in [0.1, 0.15) is 0 Å². The van der Waals surface area contributed by atoms with E-state index in [2.05, 4.69) is 24.2 Å². The summed E-state index contributed by atoms with van der Waals surface area (Å²) in [4.78, 5) is 2.64. The van der Waals surface area contributed by atoms with E-state index in [0.29, 0.717) is 6.10 Å². The van der Waals surface area contributed by atoms with Crippen molar-refractivity contribution in [1.82, 2.24) is 10.2 Å². The molecule has 3 atom stereocenters. The first-order valence-corrected chi connectivity index (χ1v) is 6.32. The summed E-state index contributed by atoms with van der Waals surface area (Å²) in [6.45, 7) is 5.36. The van der Waals surface area contributed by atoms with Gasteiger partial charge in [-0.05, 0) is 33.2 Å². The number of morpholine rings is 1. The van der Waals surface area contributed by atoms with Crippen LogP contribution in [0.3, 0.4) is 0 Å². The van der Waals surface area contributed by atoms with E-state index in [1.807, 2.05) is 0 Å². The van der Waals surface area contributed by atoms with Crippen molar-refractivity contribution < 1.29 is 4.74 Å². The topological polar surface area (TPSA) is 24.5 Å². The van der Waals surface area contributed by atoms with E-state index >= 15 is 0 Å². The van der Waals surface area contributed by atoms with Crippen molar-refractivity contribution in [2.24, 2.45) is 0 Å². The van der Waals surface area contributed by atoms with Crippen LogP contribution in [-0.2, 0) is 4.74 Å². The van der Waals surface area contributed by atoms with E-state index in [1.54, 1.807) is 0 Å². The molecule has 2 fully saturated rings. The van der Waals surface area contributed by atoms with Gasteiger partial charge in [0.15, 0.2) is 0 Å². The minimum absolute atomic E-state index is 0.425. The van der Waals surface area contributed by atoms with E-state index in [0.717, 1.165) is 31.8 Å². The average Bonchev–Trinajstić information content (AvgIpc) is 2.29. The zero-order chi connectivity index (χ0) is 10.7. The molecule has 1 aliphatic heterocycles. The molecule has 0 amide bonds. The molecule has 1 saturated carbocycles. The van der Waals surface area contributed by atoms with E-state index in [4.69, 9.17) is 4.74 Å². The normalized spacial score (nSPS) is 39.2. The quantitative estimate of drug-likeness (QED) is 0.745. The second-order valence-electron chi connectivity index (χ2n) is 4.98. The van der Waals surface area contributed by atoms with Crippen LogP contribution in [0.2, 0.25) is 0 Å². The number of hydrogen-bond donors (Lipinski definition) is 1. The zero-order valence-electron chi connectivity index (χ0n) is 10.0. The third kappa shape index (κ3) is 2.92. The van der Waals surface area contributed by atoms with Gasteiger partial charge in [0.25, 0.3) is 0 Å². The summed E-state index contributed by atoms with van der Waals surface area (Å²) in [5.74, 6) is 0. The van der Waals surface area contributed by atoms with E-state index in [9.17, 15) is 0 Å². The van der Waals surface area contributed by atoms with Crippen LogP contribution in [-0.4, -0.2) is 49.8 Å². The van der Waals surface area contributed by atoms with Gasteiger partial charge < -0.3 is 10.1 Å². The second-order valence-corrected chi connectivity index (χ2v) is 4.98. The molecule has 0 aromatic rings. The summed E-state index contributed by atoms with van der Waals surface area (Å²) in [5, 5.41) is 3.43. The van der Waals surface area contributed by atoms with Gasteiger partial charge >= 0.3 is 0 Å². The van der Waals surface area contributed by atoms with Crippen LogP contribution in [0.25, 0.3) is 0 Å². The van der Waals surface area contributed by atoms with Crippen LogP contribution < -0.4 is 5.32 Å². The van der Waals surface area contributed by atoms with E-state index < -0.39 is 0 Å². The minimum Gasteiger partial charge on any atom is -0.376 e. The minimum atomic E-state index is 0.425. The Morgan fingerprint density at radius 3 is 2.93 bits per heavy atom. The predicted octanol–water partition coefficient (Wildman–Crippen LogP) is 1.24. The molecule has 2 aliphatic rings. The molecule has 1 heterocycles. The molecule has 0 spiro atoms. The van der Waals surface area contributed by atoms with Gasteiger partial charge in [-0.3, -0.25) is 4.90 Å². The van der Waals surface area contributed by atoms with Gasteiger partial charge in [-0.1, -0.05) is 6.42 Å². The van der Waals surface area contributed by atoms with Crippen molar-refractivity contribution >= 4 is 0 Å². The molecule has 88 valence electrons. The molecule has 3 unspecified atom stereocenters. The van der Waals surface area contributed by atoms with Crippen molar-refractivity contribution in [3.05, 3.63) is 0 Å². The van der Waals surface area contributed by atoms with Crippen molar-refractivity contribution in [2.45, 2.75) is 50.8 Å². The highest BCUT2D eigenvalue weighted by molar-refractivity contribution is 4.85. The fourth-order valence-electron chi connectivity index (χ4n) is 2.93. The highest BCUT2D eigenvalue weighted by Crippen LogP contribution is 2.24. The van der Waals surface area contributed by atoms with Crippen LogP contribution >= 0.6 is 0 Å². The van der Waals surface area contributed by atoms with Gasteiger partial charge in [-0.2, -0.15) is 0 Å². The summed E-state index contributed by atoms with van der Waals surface area (Å²) >= 11 is 0. The number of hydrogen-bond acceptors (Lipinski definition) is 3. The van der Waals surface area contributed by atoms with Gasteiger partial charge in [-0.15, -0.1) is 0 Å². The van der Waals surface area contributed by atoms with Crippen LogP contribution in [0.5, 0.6) is 0 Å². The Labute approximate surface area is 93.2 Å². The van der Waals surface area contributed by atoms with Crippen LogP contribution in [0, 0.1) is 0 Å². The summed E-state index contributed by atoms with van der Waals surface area (Å²) < 4.78 is 5.59. The molecule has 0 bridgehead atoms. The predicted molar refractivity (Wildman–Crippen MR) is 62.1 cm³/mol. The number of nitrogens with zero attached hydrogens (tertiary/aromatic N) is 1. The molecule has 0 aromatic carbocycles. The number of nitrogens with one attached hydrogen (secondary N) is 1. The lowest BCUT2D eigenvalue weighted by atomic mass is 9.89. The SMILES string of the molecule is CNC1CCCC(N2CCOC(C)C2)C1. The summed E-state index contributed by atoms with van der Waals surface area (Å²) in [6, 6.07) is 1.53. The maximum atomic E-state index is 5.59. The molecule has 1 saturated heterocycles. The Bertz CT molecular complexity index is 198. The number of rotatable bonds is 2. The van der Waals surface area contributed by atoms with Crippen molar-refractivity contribution in [2.75, 3.05) is 26.7 Å². The fraction of sp³-hybridized carbons (Fsp3) is 1.00. The van der Waals surface area contributed by atoms with Crippen molar-refractivity contribution in [3.8, 4) is 0 Å². The Kier molecular flexibility index (Phi) is 4.00. The lowest BCUT2D eigenvalue weighted by Crippen LogP contribution is -2.50. The van der Waals surface area contributed by atoms with Crippen LogP contribution in [0.1, 0.15) is 32.6 Å². The van der Waals surface area contributed by atoms with Crippen LogP contribution in [0.15, 0.2) is 0 Å². The zero-order valence-corrected chi connectivity index (χ0v) is 10.0. The average molecular weight is 212 g/mol. The standard InChI is InChI=1S/C12H24N2O/c1-10-9-14(6-7-15-10)12-5-3-4-11(8-12)13-2/h10-13H,3-9H2,1-2H3. The first-order chi connectivity index (χ1) is 7.29. The molecular formula is C12H24N2O. The first-order valence-electron chi connectivity index (χ1n) is 6.32. The molecular weight excluding hydrogens is 188 g/mol. The lowest BCUT2D eigenvalue weighted by Gasteiger charge is -2.41. The third-order valence-electron chi connectivity index (χ3n) is 3.84. The highest BCUT2D eigenvalue weighted by atomic mass is 16.5. The lowest BCUT2D eigenvalue weighted by molar-refractivity contribution is -0.0409. The molecule has 15 heavy (non-hydrogen) atoms.